The van der Waals surface area contributed by atoms with Crippen LogP contribution in [0.3, 0.4) is 0 Å². The van der Waals surface area contributed by atoms with Gasteiger partial charge < -0.3 is 5.11 Å². The van der Waals surface area contributed by atoms with Crippen molar-refractivity contribution in [2.75, 3.05) is 0 Å². The summed E-state index contributed by atoms with van der Waals surface area (Å²) in [5.41, 5.74) is 2.56. The van der Waals surface area contributed by atoms with Gasteiger partial charge in [0.1, 0.15) is 5.75 Å². The van der Waals surface area contributed by atoms with Gasteiger partial charge in [-0.25, -0.2) is 0 Å². The van der Waals surface area contributed by atoms with E-state index in [2.05, 4.69) is 4.98 Å². The monoisotopic (exact) mass is 199 g/mol. The maximum atomic E-state index is 9.51. The second-order valence-corrected chi connectivity index (χ2v) is 4.16. The van der Waals surface area contributed by atoms with Gasteiger partial charge in [-0.05, 0) is 54.8 Å². The van der Waals surface area contributed by atoms with Gasteiger partial charge in [0.15, 0.2) is 0 Å². The van der Waals surface area contributed by atoms with Crippen LogP contribution in [-0.2, 0) is 12.8 Å². The molecule has 1 aromatic carbocycles. The highest BCUT2D eigenvalue weighted by Gasteiger charge is 2.13. The molecule has 0 saturated heterocycles. The Labute approximate surface area is 88.6 Å². The molecule has 1 N–H and O–H groups in total. The largest absolute Gasteiger partial charge is 0.508 e. The summed E-state index contributed by atoms with van der Waals surface area (Å²) in [6.07, 6.45) is 6.58. The Morgan fingerprint density at radius 3 is 2.93 bits per heavy atom. The highest BCUT2D eigenvalue weighted by molar-refractivity contribution is 5.87. The summed E-state index contributed by atoms with van der Waals surface area (Å²) in [5, 5.41) is 11.8. The zero-order valence-electron chi connectivity index (χ0n) is 8.53. The highest BCUT2D eigenvalue weighted by Crippen LogP contribution is 2.29. The number of pyridine rings is 1. The molecule has 1 heterocycles. The number of benzene rings is 1. The summed E-state index contributed by atoms with van der Waals surface area (Å²) in [6.45, 7) is 0. The van der Waals surface area contributed by atoms with E-state index < -0.39 is 0 Å². The molecule has 15 heavy (non-hydrogen) atoms. The van der Waals surface area contributed by atoms with Gasteiger partial charge in [0.25, 0.3) is 0 Å². The molecule has 2 aromatic rings. The Morgan fingerprint density at radius 1 is 1.13 bits per heavy atom. The molecule has 0 fully saturated rings. The Morgan fingerprint density at radius 2 is 2.00 bits per heavy atom. The molecule has 2 heteroatoms. The molecule has 0 amide bonds. The van der Waals surface area contributed by atoms with Crippen molar-refractivity contribution < 1.29 is 5.11 Å². The zero-order chi connectivity index (χ0) is 10.3. The first-order valence-electron chi connectivity index (χ1n) is 5.44. The number of hydrogen-bond acceptors (Lipinski definition) is 2. The van der Waals surface area contributed by atoms with Crippen molar-refractivity contribution in [3.8, 4) is 5.75 Å². The summed E-state index contributed by atoms with van der Waals surface area (Å²) >= 11 is 0. The van der Waals surface area contributed by atoms with Crippen molar-refractivity contribution in [3.05, 3.63) is 35.7 Å². The van der Waals surface area contributed by atoms with Crippen molar-refractivity contribution in [1.82, 2.24) is 4.98 Å². The number of phenols is 1. The SMILES string of the molecule is Oc1ccc2cnc3c(c2c1)CCCC3. The standard InChI is InChI=1S/C13H13NO/c15-10-6-5-9-8-14-13-4-2-1-3-11(13)12(9)7-10/h5-8,15H,1-4H2. The summed E-state index contributed by atoms with van der Waals surface area (Å²) in [4.78, 5) is 4.50. The van der Waals surface area contributed by atoms with Crippen LogP contribution < -0.4 is 0 Å². The van der Waals surface area contributed by atoms with Crippen LogP contribution in [0.1, 0.15) is 24.1 Å². The van der Waals surface area contributed by atoms with Gasteiger partial charge in [-0.1, -0.05) is 0 Å². The average Bonchev–Trinajstić information content (AvgIpc) is 2.29. The number of aryl methyl sites for hydroxylation is 2. The van der Waals surface area contributed by atoms with E-state index in [9.17, 15) is 5.11 Å². The Kier molecular flexibility index (Phi) is 1.88. The molecule has 1 aliphatic carbocycles. The summed E-state index contributed by atoms with van der Waals surface area (Å²) in [6, 6.07) is 5.52. The molecule has 1 aromatic heterocycles. The quantitative estimate of drug-likeness (QED) is 0.707. The van der Waals surface area contributed by atoms with Gasteiger partial charge in [0.2, 0.25) is 0 Å². The highest BCUT2D eigenvalue weighted by atomic mass is 16.3. The van der Waals surface area contributed by atoms with Crippen LogP contribution in [0.2, 0.25) is 0 Å². The minimum absolute atomic E-state index is 0.349. The molecule has 0 unspecified atom stereocenters. The second kappa shape index (κ2) is 3.23. The maximum Gasteiger partial charge on any atom is 0.116 e. The molecular weight excluding hydrogens is 186 g/mol. The van der Waals surface area contributed by atoms with E-state index in [0.29, 0.717) is 5.75 Å². The van der Waals surface area contributed by atoms with Crippen LogP contribution in [0, 0.1) is 0 Å². The topological polar surface area (TPSA) is 33.1 Å². The third-order valence-corrected chi connectivity index (χ3v) is 3.16. The predicted molar refractivity (Wildman–Crippen MR) is 60.0 cm³/mol. The van der Waals surface area contributed by atoms with Crippen molar-refractivity contribution in [3.63, 3.8) is 0 Å². The summed E-state index contributed by atoms with van der Waals surface area (Å²) in [7, 11) is 0. The molecule has 1 aliphatic rings. The summed E-state index contributed by atoms with van der Waals surface area (Å²) < 4.78 is 0. The summed E-state index contributed by atoms with van der Waals surface area (Å²) in [5.74, 6) is 0.349. The van der Waals surface area contributed by atoms with Crippen molar-refractivity contribution in [2.24, 2.45) is 0 Å². The first-order valence-corrected chi connectivity index (χ1v) is 5.44. The fourth-order valence-electron chi connectivity index (χ4n) is 2.39. The van der Waals surface area contributed by atoms with E-state index in [1.165, 1.54) is 29.5 Å². The van der Waals surface area contributed by atoms with Gasteiger partial charge in [-0.3, -0.25) is 4.98 Å². The second-order valence-electron chi connectivity index (χ2n) is 4.16. The minimum atomic E-state index is 0.349. The molecule has 0 radical (unpaired) electrons. The fraction of sp³-hybridized carbons (Fsp3) is 0.308. The van der Waals surface area contributed by atoms with Crippen LogP contribution in [0.4, 0.5) is 0 Å². The van der Waals surface area contributed by atoms with E-state index in [0.717, 1.165) is 18.2 Å². The van der Waals surface area contributed by atoms with Crippen molar-refractivity contribution in [2.45, 2.75) is 25.7 Å². The number of fused-ring (bicyclic) bond motifs is 3. The van der Waals surface area contributed by atoms with Gasteiger partial charge in [-0.15, -0.1) is 0 Å². The molecule has 3 rings (SSSR count). The lowest BCUT2D eigenvalue weighted by Gasteiger charge is -2.16. The van der Waals surface area contributed by atoms with Crippen LogP contribution >= 0.6 is 0 Å². The van der Waals surface area contributed by atoms with Crippen molar-refractivity contribution >= 4 is 10.8 Å². The average molecular weight is 199 g/mol. The van der Waals surface area contributed by atoms with E-state index in [1.54, 1.807) is 6.07 Å². The number of hydrogen-bond donors (Lipinski definition) is 1. The first-order chi connectivity index (χ1) is 7.34. The Balaban J connectivity index is 2.34. The van der Waals surface area contributed by atoms with E-state index >= 15 is 0 Å². The smallest absolute Gasteiger partial charge is 0.116 e. The third kappa shape index (κ3) is 1.37. The van der Waals surface area contributed by atoms with Gasteiger partial charge in [0.05, 0.1) is 0 Å². The molecule has 2 nitrogen and oxygen atoms in total. The molecule has 76 valence electrons. The minimum Gasteiger partial charge on any atom is -0.508 e. The Bertz CT molecular complexity index is 519. The normalized spacial score (nSPS) is 15.2. The molecular formula is C13H13NO. The zero-order valence-corrected chi connectivity index (χ0v) is 8.53. The maximum absolute atomic E-state index is 9.51. The fourth-order valence-corrected chi connectivity index (χ4v) is 2.39. The Hall–Kier alpha value is -1.57. The van der Waals surface area contributed by atoms with Crippen LogP contribution in [0.25, 0.3) is 10.8 Å². The van der Waals surface area contributed by atoms with Gasteiger partial charge in [0, 0.05) is 17.3 Å². The van der Waals surface area contributed by atoms with E-state index in [1.807, 2.05) is 18.3 Å². The predicted octanol–water partition coefficient (Wildman–Crippen LogP) is 2.82. The molecule has 0 saturated carbocycles. The lowest BCUT2D eigenvalue weighted by molar-refractivity contribution is 0.476. The van der Waals surface area contributed by atoms with Gasteiger partial charge >= 0.3 is 0 Å². The van der Waals surface area contributed by atoms with Crippen LogP contribution in [0.5, 0.6) is 5.75 Å². The van der Waals surface area contributed by atoms with Crippen molar-refractivity contribution in [1.29, 1.82) is 0 Å². The third-order valence-electron chi connectivity index (χ3n) is 3.16. The lowest BCUT2D eigenvalue weighted by Crippen LogP contribution is -2.05. The first kappa shape index (κ1) is 8.72. The number of nitrogens with zero attached hydrogens (tertiary/aromatic N) is 1. The molecule has 0 spiro atoms. The number of aromatic hydroxyl groups is 1. The lowest BCUT2D eigenvalue weighted by atomic mass is 9.92. The molecule has 0 atom stereocenters. The van der Waals surface area contributed by atoms with E-state index in [-0.39, 0.29) is 0 Å². The van der Waals surface area contributed by atoms with E-state index in [4.69, 9.17) is 0 Å². The number of phenolic OH excluding ortho intramolecular Hbond substituents is 1. The number of rotatable bonds is 0. The number of aromatic nitrogens is 1. The van der Waals surface area contributed by atoms with Crippen LogP contribution in [-0.4, -0.2) is 10.1 Å². The van der Waals surface area contributed by atoms with Gasteiger partial charge in [-0.2, -0.15) is 0 Å². The molecule has 0 aliphatic heterocycles. The van der Waals surface area contributed by atoms with Crippen LogP contribution in [0.15, 0.2) is 24.4 Å². The molecule has 0 bridgehead atoms.